The molecule has 1 N–H and O–H groups in total. The average Bonchev–Trinajstić information content (AvgIpc) is 2.26. The van der Waals surface area contributed by atoms with Crippen molar-refractivity contribution in [1.29, 1.82) is 0 Å². The summed E-state index contributed by atoms with van der Waals surface area (Å²) in [5, 5.41) is 8.66. The standard InChI is InChI=1S/C11H19NO4/c1-2-16-8-10(13)12-5-3-9(4-6-12)7-11(14)15/h9H,2-8H2,1H3,(H,14,15). The number of carbonyl (C=O) groups is 2. The van der Waals surface area contributed by atoms with Gasteiger partial charge in [0.2, 0.25) is 5.91 Å². The van der Waals surface area contributed by atoms with E-state index in [1.165, 1.54) is 0 Å². The molecule has 0 saturated carbocycles. The first-order valence-electron chi connectivity index (χ1n) is 5.70. The molecule has 1 fully saturated rings. The van der Waals surface area contributed by atoms with Crippen molar-refractivity contribution in [1.82, 2.24) is 4.90 Å². The molecule has 0 aromatic carbocycles. The van der Waals surface area contributed by atoms with E-state index in [9.17, 15) is 9.59 Å². The maximum Gasteiger partial charge on any atom is 0.303 e. The molecule has 1 saturated heterocycles. The smallest absolute Gasteiger partial charge is 0.303 e. The van der Waals surface area contributed by atoms with E-state index < -0.39 is 5.97 Å². The summed E-state index contributed by atoms with van der Waals surface area (Å²) in [6.45, 7) is 3.85. The number of piperidine rings is 1. The number of amides is 1. The van der Waals surface area contributed by atoms with Crippen LogP contribution in [-0.2, 0) is 14.3 Å². The van der Waals surface area contributed by atoms with Crippen molar-refractivity contribution < 1.29 is 19.4 Å². The summed E-state index contributed by atoms with van der Waals surface area (Å²) in [6, 6.07) is 0. The van der Waals surface area contributed by atoms with Gasteiger partial charge in [0.1, 0.15) is 6.61 Å². The van der Waals surface area contributed by atoms with Gasteiger partial charge in [-0.05, 0) is 25.7 Å². The highest BCUT2D eigenvalue weighted by Gasteiger charge is 2.23. The highest BCUT2D eigenvalue weighted by molar-refractivity contribution is 5.77. The van der Waals surface area contributed by atoms with Gasteiger partial charge in [-0.15, -0.1) is 0 Å². The fourth-order valence-corrected chi connectivity index (χ4v) is 1.91. The normalized spacial score (nSPS) is 17.4. The topological polar surface area (TPSA) is 66.8 Å². The molecule has 1 aliphatic rings. The van der Waals surface area contributed by atoms with E-state index >= 15 is 0 Å². The zero-order chi connectivity index (χ0) is 12.0. The first-order chi connectivity index (χ1) is 7.63. The number of rotatable bonds is 5. The third kappa shape index (κ3) is 4.18. The second-order valence-corrected chi connectivity index (χ2v) is 4.06. The van der Waals surface area contributed by atoms with E-state index in [-0.39, 0.29) is 24.9 Å². The third-order valence-electron chi connectivity index (χ3n) is 2.86. The van der Waals surface area contributed by atoms with Crippen molar-refractivity contribution in [3.8, 4) is 0 Å². The van der Waals surface area contributed by atoms with Gasteiger partial charge in [0.25, 0.3) is 0 Å². The second-order valence-electron chi connectivity index (χ2n) is 4.06. The van der Waals surface area contributed by atoms with E-state index in [0.717, 1.165) is 12.8 Å². The van der Waals surface area contributed by atoms with Crippen LogP contribution in [0, 0.1) is 5.92 Å². The largest absolute Gasteiger partial charge is 0.481 e. The van der Waals surface area contributed by atoms with Crippen LogP contribution in [0.3, 0.4) is 0 Å². The molecule has 0 bridgehead atoms. The van der Waals surface area contributed by atoms with Gasteiger partial charge in [0.15, 0.2) is 0 Å². The number of carboxylic acid groups (broad SMARTS) is 1. The Labute approximate surface area is 95.4 Å². The van der Waals surface area contributed by atoms with E-state index in [4.69, 9.17) is 9.84 Å². The zero-order valence-electron chi connectivity index (χ0n) is 9.65. The van der Waals surface area contributed by atoms with Crippen LogP contribution >= 0.6 is 0 Å². The van der Waals surface area contributed by atoms with Crippen molar-refractivity contribution in [2.45, 2.75) is 26.2 Å². The fourth-order valence-electron chi connectivity index (χ4n) is 1.91. The van der Waals surface area contributed by atoms with Gasteiger partial charge in [0.05, 0.1) is 0 Å². The van der Waals surface area contributed by atoms with Crippen LogP contribution in [-0.4, -0.2) is 48.2 Å². The van der Waals surface area contributed by atoms with Crippen LogP contribution in [0.2, 0.25) is 0 Å². The number of hydrogen-bond acceptors (Lipinski definition) is 3. The Kier molecular flexibility index (Phi) is 5.25. The molecule has 5 heteroatoms. The predicted octanol–water partition coefficient (Wildman–Crippen LogP) is 0.736. The SMILES string of the molecule is CCOCC(=O)N1CCC(CC(=O)O)CC1. The average molecular weight is 229 g/mol. The summed E-state index contributed by atoms with van der Waals surface area (Å²) in [6.07, 6.45) is 1.78. The number of ether oxygens (including phenoxy) is 1. The minimum absolute atomic E-state index is 0.00984. The Hall–Kier alpha value is -1.10. The van der Waals surface area contributed by atoms with Crippen LogP contribution in [0.5, 0.6) is 0 Å². The van der Waals surface area contributed by atoms with Crippen LogP contribution in [0.4, 0.5) is 0 Å². The summed E-state index contributed by atoms with van der Waals surface area (Å²) in [5.41, 5.74) is 0. The maximum absolute atomic E-state index is 11.6. The van der Waals surface area contributed by atoms with Gasteiger partial charge < -0.3 is 14.7 Å². The molecule has 16 heavy (non-hydrogen) atoms. The minimum atomic E-state index is -0.751. The van der Waals surface area contributed by atoms with Crippen molar-refractivity contribution in [2.24, 2.45) is 5.92 Å². The molecule has 5 nitrogen and oxygen atoms in total. The van der Waals surface area contributed by atoms with Gasteiger partial charge in [-0.2, -0.15) is 0 Å². The molecule has 0 spiro atoms. The molecule has 1 aliphatic heterocycles. The summed E-state index contributed by atoms with van der Waals surface area (Å²) in [4.78, 5) is 23.9. The Morgan fingerprint density at radius 1 is 1.38 bits per heavy atom. The highest BCUT2D eigenvalue weighted by Crippen LogP contribution is 2.20. The first-order valence-corrected chi connectivity index (χ1v) is 5.70. The molecule has 0 radical (unpaired) electrons. The van der Waals surface area contributed by atoms with E-state index in [1.54, 1.807) is 4.90 Å². The molecule has 1 rings (SSSR count). The lowest BCUT2D eigenvalue weighted by Crippen LogP contribution is -2.40. The molecule has 0 atom stereocenters. The predicted molar refractivity (Wildman–Crippen MR) is 58.0 cm³/mol. The molecular weight excluding hydrogens is 210 g/mol. The van der Waals surface area contributed by atoms with Crippen molar-refractivity contribution in [3.63, 3.8) is 0 Å². The summed E-state index contributed by atoms with van der Waals surface area (Å²) in [5.74, 6) is -0.525. The summed E-state index contributed by atoms with van der Waals surface area (Å²) < 4.78 is 5.05. The molecule has 1 heterocycles. The molecule has 0 unspecified atom stereocenters. The maximum atomic E-state index is 11.6. The second kappa shape index (κ2) is 6.48. The van der Waals surface area contributed by atoms with Crippen molar-refractivity contribution >= 4 is 11.9 Å². The lowest BCUT2D eigenvalue weighted by molar-refractivity contribution is -0.139. The monoisotopic (exact) mass is 229 g/mol. The number of nitrogens with zero attached hydrogens (tertiary/aromatic N) is 1. The van der Waals surface area contributed by atoms with E-state index in [2.05, 4.69) is 0 Å². The molecule has 0 aromatic rings. The van der Waals surface area contributed by atoms with Gasteiger partial charge >= 0.3 is 5.97 Å². The quantitative estimate of drug-likeness (QED) is 0.755. The highest BCUT2D eigenvalue weighted by atomic mass is 16.5. The molecule has 0 aromatic heterocycles. The Balaban J connectivity index is 2.25. The number of aliphatic carboxylic acids is 1. The van der Waals surface area contributed by atoms with Gasteiger partial charge in [0, 0.05) is 26.1 Å². The van der Waals surface area contributed by atoms with Crippen molar-refractivity contribution in [2.75, 3.05) is 26.3 Å². The third-order valence-corrected chi connectivity index (χ3v) is 2.86. The van der Waals surface area contributed by atoms with Gasteiger partial charge in [-0.1, -0.05) is 0 Å². The fraction of sp³-hybridized carbons (Fsp3) is 0.818. The van der Waals surface area contributed by atoms with Crippen LogP contribution in [0.25, 0.3) is 0 Å². The first kappa shape index (κ1) is 13.0. The van der Waals surface area contributed by atoms with Crippen LogP contribution in [0.1, 0.15) is 26.2 Å². The molecule has 92 valence electrons. The van der Waals surface area contributed by atoms with Gasteiger partial charge in [-0.3, -0.25) is 9.59 Å². The van der Waals surface area contributed by atoms with Crippen LogP contribution in [0.15, 0.2) is 0 Å². The molecule has 1 amide bonds. The number of carbonyl (C=O) groups excluding carboxylic acids is 1. The van der Waals surface area contributed by atoms with E-state index in [1.807, 2.05) is 6.92 Å². The van der Waals surface area contributed by atoms with Gasteiger partial charge in [-0.25, -0.2) is 0 Å². The number of carboxylic acids is 1. The molecular formula is C11H19NO4. The minimum Gasteiger partial charge on any atom is -0.481 e. The Morgan fingerprint density at radius 3 is 2.50 bits per heavy atom. The molecule has 0 aliphatic carbocycles. The number of likely N-dealkylation sites (tertiary alicyclic amines) is 1. The Morgan fingerprint density at radius 2 is 2.00 bits per heavy atom. The summed E-state index contributed by atoms with van der Waals surface area (Å²) >= 11 is 0. The van der Waals surface area contributed by atoms with E-state index in [0.29, 0.717) is 19.7 Å². The zero-order valence-corrected chi connectivity index (χ0v) is 9.65. The summed E-state index contributed by atoms with van der Waals surface area (Å²) in [7, 11) is 0. The van der Waals surface area contributed by atoms with Crippen molar-refractivity contribution in [3.05, 3.63) is 0 Å². The lowest BCUT2D eigenvalue weighted by Gasteiger charge is -2.31. The Bertz CT molecular complexity index is 246. The number of hydrogen-bond donors (Lipinski definition) is 1. The van der Waals surface area contributed by atoms with Crippen LogP contribution < -0.4 is 0 Å². The lowest BCUT2D eigenvalue weighted by atomic mass is 9.94.